The van der Waals surface area contributed by atoms with E-state index in [4.69, 9.17) is 4.52 Å². The number of hydrogen-bond acceptors (Lipinski definition) is 9. The van der Waals surface area contributed by atoms with E-state index in [9.17, 15) is 22.0 Å². The SMILES string of the molecule is CC(=O)NS(=O)(=O)CCNc1nc(-c2cc(-c3ccon3)n(Cc3ccccc3F)n2)ncc1F. The average Bonchev–Trinajstić information content (AvgIpc) is 3.46. The molecule has 0 radical (unpaired) electrons. The summed E-state index contributed by atoms with van der Waals surface area (Å²) in [5.74, 6) is -2.65. The fraction of sp³-hybridized carbons (Fsp3) is 0.190. The van der Waals surface area contributed by atoms with Crippen LogP contribution in [-0.2, 0) is 21.4 Å². The van der Waals surface area contributed by atoms with Gasteiger partial charge in [0, 0.05) is 25.1 Å². The Morgan fingerprint density at radius 1 is 1.14 bits per heavy atom. The van der Waals surface area contributed by atoms with Crippen molar-refractivity contribution in [2.45, 2.75) is 13.5 Å². The van der Waals surface area contributed by atoms with E-state index in [1.54, 1.807) is 30.3 Å². The van der Waals surface area contributed by atoms with Gasteiger partial charge < -0.3 is 9.84 Å². The van der Waals surface area contributed by atoms with Crippen molar-refractivity contribution in [1.29, 1.82) is 0 Å². The molecule has 3 aromatic heterocycles. The first-order valence-electron chi connectivity index (χ1n) is 10.2. The number of sulfonamides is 1. The van der Waals surface area contributed by atoms with Gasteiger partial charge in [-0.05, 0) is 12.1 Å². The number of nitrogens with zero attached hydrogens (tertiary/aromatic N) is 5. The number of aromatic nitrogens is 5. The van der Waals surface area contributed by atoms with Crippen LogP contribution < -0.4 is 10.0 Å². The van der Waals surface area contributed by atoms with E-state index >= 15 is 0 Å². The number of halogens is 2. The molecule has 0 bridgehead atoms. The van der Waals surface area contributed by atoms with Crippen molar-refractivity contribution in [2.75, 3.05) is 17.6 Å². The van der Waals surface area contributed by atoms with Crippen LogP contribution in [0.25, 0.3) is 22.9 Å². The molecular weight excluding hydrogens is 484 g/mol. The molecule has 0 atom stereocenters. The molecule has 3 heterocycles. The second-order valence-corrected chi connectivity index (χ2v) is 9.18. The topological polar surface area (TPSA) is 145 Å². The third kappa shape index (κ3) is 5.84. The van der Waals surface area contributed by atoms with Crippen LogP contribution in [0, 0.1) is 11.6 Å². The Balaban J connectivity index is 1.61. The van der Waals surface area contributed by atoms with Gasteiger partial charge in [-0.3, -0.25) is 14.2 Å². The summed E-state index contributed by atoms with van der Waals surface area (Å²) in [4.78, 5) is 19.0. The van der Waals surface area contributed by atoms with Gasteiger partial charge >= 0.3 is 0 Å². The lowest BCUT2D eigenvalue weighted by Crippen LogP contribution is -2.33. The predicted molar refractivity (Wildman–Crippen MR) is 120 cm³/mol. The Labute approximate surface area is 198 Å². The van der Waals surface area contributed by atoms with E-state index in [1.807, 2.05) is 4.72 Å². The number of amides is 1. The van der Waals surface area contributed by atoms with Crippen LogP contribution in [0.5, 0.6) is 0 Å². The van der Waals surface area contributed by atoms with Crippen molar-refractivity contribution in [1.82, 2.24) is 29.6 Å². The highest BCUT2D eigenvalue weighted by atomic mass is 32.2. The molecule has 35 heavy (non-hydrogen) atoms. The molecule has 14 heteroatoms. The standard InChI is InChI=1S/C21H19F2N7O4S/c1-13(31)29-35(32,33)9-7-24-20-16(23)11-25-21(26-20)18-10-19(17-6-8-34-28-17)30(27-18)12-14-4-2-3-5-15(14)22/h2-6,8,10-11H,7,9,12H2,1H3,(H,29,31)(H,24,25,26). The molecule has 0 unspecified atom stereocenters. The lowest BCUT2D eigenvalue weighted by Gasteiger charge is -2.08. The van der Waals surface area contributed by atoms with Gasteiger partial charge in [0.25, 0.3) is 0 Å². The molecule has 1 amide bonds. The van der Waals surface area contributed by atoms with E-state index in [0.717, 1.165) is 13.1 Å². The lowest BCUT2D eigenvalue weighted by molar-refractivity contribution is -0.117. The van der Waals surface area contributed by atoms with Gasteiger partial charge in [-0.2, -0.15) is 5.10 Å². The quantitative estimate of drug-likeness (QED) is 0.351. The number of anilines is 1. The normalized spacial score (nSPS) is 11.4. The number of hydrogen-bond donors (Lipinski definition) is 2. The maximum Gasteiger partial charge on any atom is 0.236 e. The summed E-state index contributed by atoms with van der Waals surface area (Å²) in [6, 6.07) is 9.43. The molecule has 0 fully saturated rings. The van der Waals surface area contributed by atoms with E-state index in [0.29, 0.717) is 17.0 Å². The van der Waals surface area contributed by atoms with Crippen LogP contribution in [0.4, 0.5) is 14.6 Å². The zero-order valence-corrected chi connectivity index (χ0v) is 19.1. The molecule has 0 spiro atoms. The third-order valence-corrected chi connectivity index (χ3v) is 6.03. The minimum atomic E-state index is -3.88. The van der Waals surface area contributed by atoms with Crippen LogP contribution in [0.2, 0.25) is 0 Å². The molecule has 0 aliphatic carbocycles. The molecule has 2 N–H and O–H groups in total. The van der Waals surface area contributed by atoms with Crippen molar-refractivity contribution < 1.29 is 26.5 Å². The molecular formula is C21H19F2N7O4S. The third-order valence-electron chi connectivity index (χ3n) is 4.69. The highest BCUT2D eigenvalue weighted by molar-refractivity contribution is 7.90. The van der Waals surface area contributed by atoms with Gasteiger partial charge in [0.2, 0.25) is 15.9 Å². The van der Waals surface area contributed by atoms with Crippen LogP contribution >= 0.6 is 0 Å². The summed E-state index contributed by atoms with van der Waals surface area (Å²) in [6.07, 6.45) is 2.29. The number of carbonyl (C=O) groups excluding carboxylic acids is 1. The minimum absolute atomic E-state index is 0.0376. The number of rotatable bonds is 9. The van der Waals surface area contributed by atoms with Gasteiger partial charge in [-0.15, -0.1) is 0 Å². The molecule has 0 saturated heterocycles. The maximum absolute atomic E-state index is 14.3. The molecule has 11 nitrogen and oxygen atoms in total. The molecule has 1 aromatic carbocycles. The van der Waals surface area contributed by atoms with E-state index in [1.165, 1.54) is 17.0 Å². The van der Waals surface area contributed by atoms with Crippen LogP contribution in [0.3, 0.4) is 0 Å². The molecule has 4 aromatic rings. The Bertz CT molecular complexity index is 1460. The highest BCUT2D eigenvalue weighted by Gasteiger charge is 2.19. The molecule has 0 saturated carbocycles. The number of nitrogens with one attached hydrogen (secondary N) is 2. The lowest BCUT2D eigenvalue weighted by atomic mass is 10.2. The summed E-state index contributed by atoms with van der Waals surface area (Å²) in [7, 11) is -3.88. The molecule has 182 valence electrons. The molecule has 4 rings (SSSR count). The average molecular weight is 503 g/mol. The summed E-state index contributed by atoms with van der Waals surface area (Å²) < 4.78 is 60.3. The Morgan fingerprint density at radius 3 is 2.66 bits per heavy atom. The van der Waals surface area contributed by atoms with E-state index < -0.39 is 33.3 Å². The van der Waals surface area contributed by atoms with Gasteiger partial charge in [0.1, 0.15) is 23.5 Å². The Hall–Kier alpha value is -4.20. The van der Waals surface area contributed by atoms with Crippen molar-refractivity contribution in [3.05, 3.63) is 66.1 Å². The Morgan fingerprint density at radius 2 is 1.94 bits per heavy atom. The smallest absolute Gasteiger partial charge is 0.236 e. The fourth-order valence-electron chi connectivity index (χ4n) is 3.17. The van der Waals surface area contributed by atoms with Gasteiger partial charge in [0.05, 0.1) is 24.2 Å². The van der Waals surface area contributed by atoms with Crippen LogP contribution in [0.15, 0.2) is 53.4 Å². The largest absolute Gasteiger partial charge is 0.366 e. The minimum Gasteiger partial charge on any atom is -0.366 e. The summed E-state index contributed by atoms with van der Waals surface area (Å²) in [6.45, 7) is 0.921. The van der Waals surface area contributed by atoms with Crippen LogP contribution in [0.1, 0.15) is 12.5 Å². The summed E-state index contributed by atoms with van der Waals surface area (Å²) in [5, 5.41) is 10.9. The van der Waals surface area contributed by atoms with Gasteiger partial charge in [0.15, 0.2) is 17.5 Å². The first kappa shape index (κ1) is 23.9. The maximum atomic E-state index is 14.3. The fourth-order valence-corrected chi connectivity index (χ4v) is 4.08. The van der Waals surface area contributed by atoms with E-state index in [-0.39, 0.29) is 30.4 Å². The number of benzene rings is 1. The monoisotopic (exact) mass is 503 g/mol. The second-order valence-electron chi connectivity index (χ2n) is 7.34. The second kappa shape index (κ2) is 9.97. The zero-order chi connectivity index (χ0) is 25.0. The van der Waals surface area contributed by atoms with Gasteiger partial charge in [-0.25, -0.2) is 27.2 Å². The van der Waals surface area contributed by atoms with Crippen molar-refractivity contribution in [3.63, 3.8) is 0 Å². The first-order chi connectivity index (χ1) is 16.7. The summed E-state index contributed by atoms with van der Waals surface area (Å²) >= 11 is 0. The number of carbonyl (C=O) groups is 1. The first-order valence-corrected chi connectivity index (χ1v) is 11.9. The zero-order valence-electron chi connectivity index (χ0n) is 18.3. The Kier molecular flexibility index (Phi) is 6.82. The van der Waals surface area contributed by atoms with Gasteiger partial charge in [-0.1, -0.05) is 23.4 Å². The summed E-state index contributed by atoms with van der Waals surface area (Å²) in [5.41, 5.74) is 1.55. The van der Waals surface area contributed by atoms with E-state index in [2.05, 4.69) is 25.5 Å². The van der Waals surface area contributed by atoms with Crippen molar-refractivity contribution >= 4 is 21.7 Å². The predicted octanol–water partition coefficient (Wildman–Crippen LogP) is 2.20. The van der Waals surface area contributed by atoms with Crippen molar-refractivity contribution in [3.8, 4) is 22.9 Å². The molecule has 0 aliphatic rings. The van der Waals surface area contributed by atoms with Crippen molar-refractivity contribution in [2.24, 2.45) is 0 Å². The molecule has 0 aliphatic heterocycles. The highest BCUT2D eigenvalue weighted by Crippen LogP contribution is 2.25. The van der Waals surface area contributed by atoms with Crippen LogP contribution in [-0.4, -0.2) is 51.5 Å².